The molecule has 0 radical (unpaired) electrons. The molecule has 4 nitrogen and oxygen atoms in total. The van der Waals surface area contributed by atoms with Crippen LogP contribution in [0.1, 0.15) is 15.9 Å². The Morgan fingerprint density at radius 1 is 1.19 bits per heavy atom. The van der Waals surface area contributed by atoms with E-state index in [-0.39, 0.29) is 5.56 Å². The summed E-state index contributed by atoms with van der Waals surface area (Å²) in [5.74, 6) is -0.851. The van der Waals surface area contributed by atoms with Crippen LogP contribution in [0.3, 0.4) is 0 Å². The molecule has 0 bridgehead atoms. The van der Waals surface area contributed by atoms with E-state index in [1.165, 1.54) is 6.07 Å². The van der Waals surface area contributed by atoms with Gasteiger partial charge >= 0.3 is 0 Å². The molecular weight excluding hydrogens is 269 g/mol. The van der Waals surface area contributed by atoms with Gasteiger partial charge in [0.05, 0.1) is 17.3 Å². The minimum atomic E-state index is -0.451. The van der Waals surface area contributed by atoms with Gasteiger partial charge in [-0.1, -0.05) is 0 Å². The van der Waals surface area contributed by atoms with E-state index < -0.39 is 11.7 Å². The number of hydrogen-bond acceptors (Lipinski definition) is 3. The number of rotatable bonds is 3. The predicted molar refractivity (Wildman–Crippen MR) is 79.8 cm³/mol. The van der Waals surface area contributed by atoms with E-state index >= 15 is 0 Å². The number of hydrogen-bond donors (Lipinski definition) is 1. The van der Waals surface area contributed by atoms with Crippen molar-refractivity contribution in [1.29, 1.82) is 5.26 Å². The zero-order chi connectivity index (χ0) is 15.4. The van der Waals surface area contributed by atoms with Crippen molar-refractivity contribution in [3.05, 3.63) is 59.4 Å². The third-order valence-corrected chi connectivity index (χ3v) is 2.96. The molecule has 0 aromatic heterocycles. The second-order valence-corrected chi connectivity index (χ2v) is 4.70. The van der Waals surface area contributed by atoms with E-state index in [0.717, 1.165) is 0 Å². The summed E-state index contributed by atoms with van der Waals surface area (Å²) < 4.78 is 13.8. The second kappa shape index (κ2) is 6.06. The molecular formula is C16H14FN3O. The monoisotopic (exact) mass is 283 g/mol. The smallest absolute Gasteiger partial charge is 0.255 e. The summed E-state index contributed by atoms with van der Waals surface area (Å²) in [7, 11) is 3.46. The van der Waals surface area contributed by atoms with Crippen LogP contribution in [-0.2, 0) is 0 Å². The van der Waals surface area contributed by atoms with E-state index in [2.05, 4.69) is 5.32 Å². The van der Waals surface area contributed by atoms with Crippen molar-refractivity contribution >= 4 is 17.3 Å². The van der Waals surface area contributed by atoms with Crippen molar-refractivity contribution < 1.29 is 9.18 Å². The van der Waals surface area contributed by atoms with Crippen molar-refractivity contribution in [2.24, 2.45) is 0 Å². The summed E-state index contributed by atoms with van der Waals surface area (Å²) in [6.07, 6.45) is 0. The van der Waals surface area contributed by atoms with E-state index in [9.17, 15) is 9.18 Å². The molecule has 0 aliphatic rings. The summed E-state index contributed by atoms with van der Waals surface area (Å²) in [6, 6.07) is 12.8. The van der Waals surface area contributed by atoms with Crippen LogP contribution in [0.5, 0.6) is 0 Å². The Kier molecular flexibility index (Phi) is 4.19. The highest BCUT2D eigenvalue weighted by Gasteiger charge is 2.11. The van der Waals surface area contributed by atoms with Gasteiger partial charge < -0.3 is 10.2 Å². The summed E-state index contributed by atoms with van der Waals surface area (Å²) in [5.41, 5.74) is 1.72. The standard InChI is InChI=1S/C16H14FN3O/c1-20(2)15-8-5-12(9-14(15)17)16(21)19-13-6-3-11(10-18)4-7-13/h3-9H,1-2H3,(H,19,21). The van der Waals surface area contributed by atoms with E-state index in [0.29, 0.717) is 16.9 Å². The lowest BCUT2D eigenvalue weighted by Gasteiger charge is -2.14. The van der Waals surface area contributed by atoms with Gasteiger partial charge in [-0.3, -0.25) is 4.79 Å². The lowest BCUT2D eigenvalue weighted by Crippen LogP contribution is -2.14. The molecule has 5 heteroatoms. The van der Waals surface area contributed by atoms with Gasteiger partial charge in [0.2, 0.25) is 0 Å². The van der Waals surface area contributed by atoms with Gasteiger partial charge in [-0.15, -0.1) is 0 Å². The zero-order valence-corrected chi connectivity index (χ0v) is 11.7. The van der Waals surface area contributed by atoms with E-state index in [1.54, 1.807) is 55.4 Å². The topological polar surface area (TPSA) is 56.1 Å². The highest BCUT2D eigenvalue weighted by Crippen LogP contribution is 2.19. The molecule has 0 unspecified atom stereocenters. The molecule has 2 aromatic rings. The van der Waals surface area contributed by atoms with E-state index in [4.69, 9.17) is 5.26 Å². The van der Waals surface area contributed by atoms with E-state index in [1.807, 2.05) is 6.07 Å². The molecule has 2 rings (SSSR count). The highest BCUT2D eigenvalue weighted by molar-refractivity contribution is 6.04. The van der Waals surface area contributed by atoms with Crippen molar-refractivity contribution in [3.63, 3.8) is 0 Å². The molecule has 0 fully saturated rings. The predicted octanol–water partition coefficient (Wildman–Crippen LogP) is 3.02. The molecule has 106 valence electrons. The first-order valence-electron chi connectivity index (χ1n) is 6.29. The number of amides is 1. The number of carbonyl (C=O) groups excluding carboxylic acids is 1. The Labute approximate surface area is 122 Å². The van der Waals surface area contributed by atoms with Crippen molar-refractivity contribution in [1.82, 2.24) is 0 Å². The number of benzene rings is 2. The van der Waals surface area contributed by atoms with Gasteiger partial charge in [-0.2, -0.15) is 5.26 Å². The molecule has 0 aliphatic heterocycles. The molecule has 1 N–H and O–H groups in total. The molecule has 0 saturated heterocycles. The highest BCUT2D eigenvalue weighted by atomic mass is 19.1. The van der Waals surface area contributed by atoms with Crippen molar-refractivity contribution in [3.8, 4) is 6.07 Å². The van der Waals surface area contributed by atoms with Crippen LogP contribution < -0.4 is 10.2 Å². The fourth-order valence-corrected chi connectivity index (χ4v) is 1.84. The first-order valence-corrected chi connectivity index (χ1v) is 6.29. The van der Waals surface area contributed by atoms with Gasteiger partial charge in [0.25, 0.3) is 5.91 Å². The summed E-state index contributed by atoms with van der Waals surface area (Å²) in [6.45, 7) is 0. The van der Waals surface area contributed by atoms with Crippen LogP contribution in [0.25, 0.3) is 0 Å². The molecule has 0 saturated carbocycles. The first kappa shape index (κ1) is 14.5. The van der Waals surface area contributed by atoms with Crippen LogP contribution >= 0.6 is 0 Å². The average molecular weight is 283 g/mol. The van der Waals surface area contributed by atoms with Gasteiger partial charge in [-0.25, -0.2) is 4.39 Å². The maximum absolute atomic E-state index is 13.8. The Balaban J connectivity index is 2.16. The van der Waals surface area contributed by atoms with Gasteiger partial charge in [-0.05, 0) is 42.5 Å². The Hall–Kier alpha value is -2.87. The number of halogens is 1. The fourth-order valence-electron chi connectivity index (χ4n) is 1.84. The molecule has 21 heavy (non-hydrogen) atoms. The third kappa shape index (κ3) is 3.37. The minimum Gasteiger partial charge on any atom is -0.375 e. The number of anilines is 2. The molecule has 2 aromatic carbocycles. The number of carbonyl (C=O) groups is 1. The zero-order valence-electron chi connectivity index (χ0n) is 11.7. The Morgan fingerprint density at radius 2 is 1.86 bits per heavy atom. The lowest BCUT2D eigenvalue weighted by atomic mass is 10.1. The number of nitrogens with zero attached hydrogens (tertiary/aromatic N) is 2. The molecule has 0 spiro atoms. The van der Waals surface area contributed by atoms with Crippen LogP contribution in [0, 0.1) is 17.1 Å². The maximum atomic E-state index is 13.8. The second-order valence-electron chi connectivity index (χ2n) is 4.70. The van der Waals surface area contributed by atoms with Crippen LogP contribution in [0.2, 0.25) is 0 Å². The maximum Gasteiger partial charge on any atom is 0.255 e. The summed E-state index contributed by atoms with van der Waals surface area (Å²) in [5, 5.41) is 11.4. The summed E-state index contributed by atoms with van der Waals surface area (Å²) in [4.78, 5) is 13.7. The third-order valence-electron chi connectivity index (χ3n) is 2.96. The van der Waals surface area contributed by atoms with Gasteiger partial charge in [0.15, 0.2) is 0 Å². The number of nitriles is 1. The quantitative estimate of drug-likeness (QED) is 0.942. The van der Waals surface area contributed by atoms with Crippen molar-refractivity contribution in [2.45, 2.75) is 0 Å². The average Bonchev–Trinajstić information content (AvgIpc) is 2.47. The van der Waals surface area contributed by atoms with Crippen LogP contribution in [0.4, 0.5) is 15.8 Å². The number of nitrogens with one attached hydrogen (secondary N) is 1. The van der Waals surface area contributed by atoms with Gasteiger partial charge in [0.1, 0.15) is 5.82 Å². The van der Waals surface area contributed by atoms with Crippen molar-refractivity contribution in [2.75, 3.05) is 24.3 Å². The Morgan fingerprint density at radius 3 is 2.38 bits per heavy atom. The normalized spacial score (nSPS) is 9.81. The van der Waals surface area contributed by atoms with Crippen LogP contribution in [-0.4, -0.2) is 20.0 Å². The summed E-state index contributed by atoms with van der Waals surface area (Å²) >= 11 is 0. The molecule has 0 heterocycles. The molecule has 0 aliphatic carbocycles. The fraction of sp³-hybridized carbons (Fsp3) is 0.125. The van der Waals surface area contributed by atoms with Crippen LogP contribution in [0.15, 0.2) is 42.5 Å². The lowest BCUT2D eigenvalue weighted by molar-refractivity contribution is 0.102. The SMILES string of the molecule is CN(C)c1ccc(C(=O)Nc2ccc(C#N)cc2)cc1F. The first-order chi connectivity index (χ1) is 10.0. The molecule has 0 atom stereocenters. The minimum absolute atomic E-state index is 0.238. The van der Waals surface area contributed by atoms with Gasteiger partial charge in [0, 0.05) is 25.3 Å². The largest absolute Gasteiger partial charge is 0.375 e. The molecule has 1 amide bonds. The Bertz CT molecular complexity index is 702.